The highest BCUT2D eigenvalue weighted by molar-refractivity contribution is 9.10. The molecule has 1 atom stereocenters. The van der Waals surface area contributed by atoms with Crippen LogP contribution in [0.3, 0.4) is 0 Å². The lowest BCUT2D eigenvalue weighted by Crippen LogP contribution is -2.53. The summed E-state index contributed by atoms with van der Waals surface area (Å²) in [6.07, 6.45) is 3.89. The van der Waals surface area contributed by atoms with Crippen LogP contribution in [0, 0.1) is 12.3 Å². The predicted molar refractivity (Wildman–Crippen MR) is 80.1 cm³/mol. The largest absolute Gasteiger partial charge is 0.309 e. The first kappa shape index (κ1) is 14.5. The monoisotopic (exact) mass is 325 g/mol. The molecule has 5 heteroatoms. The zero-order chi connectivity index (χ0) is 14.0. The van der Waals surface area contributed by atoms with E-state index >= 15 is 0 Å². The van der Waals surface area contributed by atoms with Crippen LogP contribution in [-0.4, -0.2) is 23.5 Å². The Bertz CT molecular complexity index is 488. The molecule has 19 heavy (non-hydrogen) atoms. The first-order valence-corrected chi connectivity index (χ1v) is 7.36. The summed E-state index contributed by atoms with van der Waals surface area (Å²) in [6.45, 7) is 7.13. The van der Waals surface area contributed by atoms with Crippen molar-refractivity contribution in [2.24, 2.45) is 5.41 Å². The number of anilines is 1. The van der Waals surface area contributed by atoms with E-state index in [2.05, 4.69) is 45.4 Å². The molecule has 0 spiro atoms. The number of aryl methyl sites for hydroxylation is 1. The number of pyridine rings is 1. The molecule has 4 nitrogen and oxygen atoms in total. The lowest BCUT2D eigenvalue weighted by Gasteiger charge is -2.38. The van der Waals surface area contributed by atoms with Crippen molar-refractivity contribution in [3.05, 3.63) is 22.3 Å². The Labute approximate surface area is 122 Å². The van der Waals surface area contributed by atoms with E-state index in [0.29, 0.717) is 5.82 Å². The number of rotatable bonds is 2. The van der Waals surface area contributed by atoms with E-state index < -0.39 is 0 Å². The fourth-order valence-corrected chi connectivity index (χ4v) is 2.68. The Balaban J connectivity index is 2.09. The van der Waals surface area contributed by atoms with Gasteiger partial charge in [-0.05, 0) is 59.3 Å². The first-order chi connectivity index (χ1) is 8.90. The molecule has 1 amide bonds. The third-order valence-corrected chi connectivity index (χ3v) is 4.52. The smallest absolute Gasteiger partial charge is 0.243 e. The van der Waals surface area contributed by atoms with Crippen molar-refractivity contribution in [3.8, 4) is 0 Å². The maximum Gasteiger partial charge on any atom is 0.243 e. The van der Waals surface area contributed by atoms with Crippen LogP contribution >= 0.6 is 15.9 Å². The van der Waals surface area contributed by atoms with Gasteiger partial charge in [0.15, 0.2) is 0 Å². The number of carbonyl (C=O) groups excluding carboxylic acids is 1. The summed E-state index contributed by atoms with van der Waals surface area (Å²) in [4.78, 5) is 16.6. The molecule has 1 aliphatic heterocycles. The number of nitrogens with one attached hydrogen (secondary N) is 2. The number of aromatic nitrogens is 1. The molecule has 0 aliphatic carbocycles. The second-order valence-electron chi connectivity index (χ2n) is 5.79. The van der Waals surface area contributed by atoms with Gasteiger partial charge in [-0.25, -0.2) is 4.98 Å². The summed E-state index contributed by atoms with van der Waals surface area (Å²) in [5, 5.41) is 6.21. The molecule has 1 aliphatic rings. The molecule has 1 unspecified atom stereocenters. The summed E-state index contributed by atoms with van der Waals surface area (Å²) in [5.41, 5.74) is 1.04. The summed E-state index contributed by atoms with van der Waals surface area (Å²) >= 11 is 3.40. The van der Waals surface area contributed by atoms with Crippen molar-refractivity contribution in [1.29, 1.82) is 0 Å². The van der Waals surface area contributed by atoms with Gasteiger partial charge in [-0.15, -0.1) is 0 Å². The summed E-state index contributed by atoms with van der Waals surface area (Å²) in [7, 11) is 0. The average Bonchev–Trinajstić information content (AvgIpc) is 2.33. The normalized spacial score (nSPS) is 22.0. The zero-order valence-corrected chi connectivity index (χ0v) is 13.2. The van der Waals surface area contributed by atoms with Gasteiger partial charge in [0.25, 0.3) is 0 Å². The van der Waals surface area contributed by atoms with Gasteiger partial charge in [-0.1, -0.05) is 13.8 Å². The predicted octanol–water partition coefficient (Wildman–Crippen LogP) is 2.87. The van der Waals surface area contributed by atoms with Crippen LogP contribution in [0.1, 0.15) is 32.3 Å². The Morgan fingerprint density at radius 3 is 2.95 bits per heavy atom. The number of carbonyl (C=O) groups is 1. The molecule has 2 heterocycles. The van der Waals surface area contributed by atoms with Crippen molar-refractivity contribution < 1.29 is 4.79 Å². The van der Waals surface area contributed by atoms with Crippen LogP contribution in [0.4, 0.5) is 5.82 Å². The van der Waals surface area contributed by atoms with Gasteiger partial charge in [0, 0.05) is 10.7 Å². The van der Waals surface area contributed by atoms with Gasteiger partial charge in [0.2, 0.25) is 5.91 Å². The van der Waals surface area contributed by atoms with E-state index in [1.165, 1.54) is 0 Å². The summed E-state index contributed by atoms with van der Waals surface area (Å²) < 4.78 is 0.946. The number of amides is 1. The van der Waals surface area contributed by atoms with Gasteiger partial charge >= 0.3 is 0 Å². The zero-order valence-electron chi connectivity index (χ0n) is 11.6. The second-order valence-corrected chi connectivity index (χ2v) is 6.64. The molecule has 0 bridgehead atoms. The molecule has 0 aromatic carbocycles. The Hall–Kier alpha value is -0.940. The minimum absolute atomic E-state index is 0.000998. The third-order valence-electron chi connectivity index (χ3n) is 3.69. The van der Waals surface area contributed by atoms with E-state index in [1.54, 1.807) is 6.20 Å². The van der Waals surface area contributed by atoms with Gasteiger partial charge < -0.3 is 10.6 Å². The average molecular weight is 326 g/mol. The van der Waals surface area contributed by atoms with Crippen molar-refractivity contribution in [2.45, 2.75) is 39.7 Å². The number of halogens is 1. The van der Waals surface area contributed by atoms with Crippen molar-refractivity contribution >= 4 is 27.7 Å². The van der Waals surface area contributed by atoms with Crippen LogP contribution in [0.5, 0.6) is 0 Å². The van der Waals surface area contributed by atoms with Crippen LogP contribution in [-0.2, 0) is 4.79 Å². The number of nitrogens with zero attached hydrogens (tertiary/aromatic N) is 1. The fourth-order valence-electron chi connectivity index (χ4n) is 2.46. The standard InChI is InChI=1S/C14H20BrN3O/c1-9-7-11(17-8-10(9)15)18-13(19)12-14(2,3)5-4-6-16-12/h7-8,12,16H,4-6H2,1-3H3,(H,17,18,19). The highest BCUT2D eigenvalue weighted by Crippen LogP contribution is 2.30. The second kappa shape index (κ2) is 5.59. The molecule has 1 fully saturated rings. The number of hydrogen-bond acceptors (Lipinski definition) is 3. The molecular weight excluding hydrogens is 306 g/mol. The van der Waals surface area contributed by atoms with Crippen LogP contribution < -0.4 is 10.6 Å². The van der Waals surface area contributed by atoms with E-state index in [-0.39, 0.29) is 17.4 Å². The van der Waals surface area contributed by atoms with Crippen molar-refractivity contribution in [1.82, 2.24) is 10.3 Å². The van der Waals surface area contributed by atoms with Crippen molar-refractivity contribution in [2.75, 3.05) is 11.9 Å². The van der Waals surface area contributed by atoms with E-state index in [1.807, 2.05) is 13.0 Å². The van der Waals surface area contributed by atoms with Gasteiger partial charge in [0.1, 0.15) is 5.82 Å². The summed E-state index contributed by atoms with van der Waals surface area (Å²) in [5.74, 6) is 0.604. The highest BCUT2D eigenvalue weighted by Gasteiger charge is 2.37. The Morgan fingerprint density at radius 1 is 1.58 bits per heavy atom. The first-order valence-electron chi connectivity index (χ1n) is 6.56. The minimum Gasteiger partial charge on any atom is -0.309 e. The van der Waals surface area contributed by atoms with Gasteiger partial charge in [-0.2, -0.15) is 0 Å². The highest BCUT2D eigenvalue weighted by atomic mass is 79.9. The number of piperidine rings is 1. The van der Waals surface area contributed by atoms with Crippen LogP contribution in [0.25, 0.3) is 0 Å². The SMILES string of the molecule is Cc1cc(NC(=O)C2NCCCC2(C)C)ncc1Br. The molecule has 2 N–H and O–H groups in total. The van der Waals surface area contributed by atoms with E-state index in [0.717, 1.165) is 29.4 Å². The molecule has 1 aromatic heterocycles. The summed E-state index contributed by atoms with van der Waals surface area (Å²) in [6, 6.07) is 1.71. The van der Waals surface area contributed by atoms with E-state index in [4.69, 9.17) is 0 Å². The van der Waals surface area contributed by atoms with E-state index in [9.17, 15) is 4.79 Å². The molecule has 1 aromatic rings. The molecule has 1 saturated heterocycles. The van der Waals surface area contributed by atoms with Crippen molar-refractivity contribution in [3.63, 3.8) is 0 Å². The third kappa shape index (κ3) is 3.34. The van der Waals surface area contributed by atoms with Gasteiger partial charge in [0.05, 0.1) is 6.04 Å². The maximum absolute atomic E-state index is 12.4. The Kier molecular flexibility index (Phi) is 4.26. The number of hydrogen-bond donors (Lipinski definition) is 2. The van der Waals surface area contributed by atoms with Gasteiger partial charge in [-0.3, -0.25) is 4.79 Å². The molecule has 104 valence electrons. The Morgan fingerprint density at radius 2 is 2.32 bits per heavy atom. The lowest BCUT2D eigenvalue weighted by molar-refractivity contribution is -0.121. The van der Waals surface area contributed by atoms with Crippen LogP contribution in [0.15, 0.2) is 16.7 Å². The molecule has 2 rings (SSSR count). The molecular formula is C14H20BrN3O. The topological polar surface area (TPSA) is 54.0 Å². The quantitative estimate of drug-likeness (QED) is 0.879. The van der Waals surface area contributed by atoms with Crippen LogP contribution in [0.2, 0.25) is 0 Å². The lowest BCUT2D eigenvalue weighted by atomic mass is 9.77. The maximum atomic E-state index is 12.4. The minimum atomic E-state index is -0.160. The molecule has 0 saturated carbocycles. The fraction of sp³-hybridized carbons (Fsp3) is 0.571. The molecule has 0 radical (unpaired) electrons.